The second kappa shape index (κ2) is 8.48. The summed E-state index contributed by atoms with van der Waals surface area (Å²) in [5.41, 5.74) is 7.29. The molecule has 1 aliphatic heterocycles. The maximum Gasteiger partial charge on any atom is 0.274 e. The molecular weight excluding hydrogens is 402 g/mol. The van der Waals surface area contributed by atoms with Crippen LogP contribution in [0.1, 0.15) is 45.8 Å². The van der Waals surface area contributed by atoms with E-state index in [-0.39, 0.29) is 11.9 Å². The van der Waals surface area contributed by atoms with Gasteiger partial charge in [-0.15, -0.1) is 0 Å². The first-order valence-electron chi connectivity index (χ1n) is 10.9. The number of hydroxylamine groups is 1. The van der Waals surface area contributed by atoms with Gasteiger partial charge in [-0.25, -0.2) is 5.48 Å². The summed E-state index contributed by atoms with van der Waals surface area (Å²) in [4.78, 5) is 26.8. The zero-order chi connectivity index (χ0) is 22.1. The van der Waals surface area contributed by atoms with Gasteiger partial charge in [0.2, 0.25) is 5.91 Å². The Morgan fingerprint density at radius 3 is 2.34 bits per heavy atom. The van der Waals surface area contributed by atoms with Crippen molar-refractivity contribution in [3.8, 4) is 0 Å². The van der Waals surface area contributed by atoms with Gasteiger partial charge in [0.25, 0.3) is 5.91 Å². The molecule has 0 saturated heterocycles. The van der Waals surface area contributed by atoms with Crippen molar-refractivity contribution >= 4 is 23.2 Å². The minimum absolute atomic E-state index is 0.0220. The first-order valence-corrected chi connectivity index (χ1v) is 10.9. The van der Waals surface area contributed by atoms with E-state index in [0.29, 0.717) is 24.4 Å². The van der Waals surface area contributed by atoms with E-state index < -0.39 is 5.91 Å². The molecule has 3 aromatic rings. The third-order valence-corrected chi connectivity index (χ3v) is 6.28. The molecule has 6 heteroatoms. The van der Waals surface area contributed by atoms with E-state index in [1.807, 2.05) is 36.4 Å². The van der Waals surface area contributed by atoms with E-state index in [2.05, 4.69) is 34.5 Å². The molecule has 0 spiro atoms. The fourth-order valence-electron chi connectivity index (χ4n) is 4.34. The van der Waals surface area contributed by atoms with Crippen LogP contribution in [0.2, 0.25) is 0 Å². The second-order valence-corrected chi connectivity index (χ2v) is 8.51. The van der Waals surface area contributed by atoms with Gasteiger partial charge >= 0.3 is 0 Å². The first kappa shape index (κ1) is 20.3. The Morgan fingerprint density at radius 2 is 1.66 bits per heavy atom. The lowest BCUT2D eigenvalue weighted by Gasteiger charge is -2.38. The number of carbonyl (C=O) groups is 2. The van der Waals surface area contributed by atoms with E-state index in [0.717, 1.165) is 22.5 Å². The standard InChI is InChI=1S/C26H25N3O3/c30-25(28-32)21-11-7-18(8-12-21)16-29-23-4-2-1-3-22(23)27-26(31)24(29)15-17-5-9-19(10-6-17)20-13-14-20/h1-12,20,24,32H,13-16H2,(H,27,31)(H,28,30)/t24-/m1/s1. The van der Waals surface area contributed by atoms with Crippen LogP contribution in [0.15, 0.2) is 72.8 Å². The summed E-state index contributed by atoms with van der Waals surface area (Å²) < 4.78 is 0. The number of carbonyl (C=O) groups excluding carboxylic acids is 2. The Morgan fingerprint density at radius 1 is 0.969 bits per heavy atom. The smallest absolute Gasteiger partial charge is 0.274 e. The molecule has 0 unspecified atom stereocenters. The zero-order valence-electron chi connectivity index (χ0n) is 17.6. The fraction of sp³-hybridized carbons (Fsp3) is 0.231. The molecule has 2 amide bonds. The van der Waals surface area contributed by atoms with E-state index in [1.165, 1.54) is 18.4 Å². The summed E-state index contributed by atoms with van der Waals surface area (Å²) in [5.74, 6) is 0.138. The molecule has 162 valence electrons. The van der Waals surface area contributed by atoms with Crippen molar-refractivity contribution in [1.82, 2.24) is 5.48 Å². The van der Waals surface area contributed by atoms with Crippen LogP contribution in [0.25, 0.3) is 0 Å². The van der Waals surface area contributed by atoms with E-state index >= 15 is 0 Å². The SMILES string of the molecule is O=C(NO)c1ccc(CN2c3ccccc3NC(=O)[C@H]2Cc2ccc(C3CC3)cc2)cc1. The number of hydrogen-bond acceptors (Lipinski definition) is 4. The summed E-state index contributed by atoms with van der Waals surface area (Å²) in [5, 5.41) is 11.9. The topological polar surface area (TPSA) is 81.7 Å². The number of rotatable bonds is 6. The summed E-state index contributed by atoms with van der Waals surface area (Å²) >= 11 is 0. The maximum atomic E-state index is 13.1. The van der Waals surface area contributed by atoms with Gasteiger partial charge in [-0.2, -0.15) is 0 Å². The number of fused-ring (bicyclic) bond motifs is 1. The van der Waals surface area contributed by atoms with Crippen LogP contribution < -0.4 is 15.7 Å². The Balaban J connectivity index is 1.42. The Labute approximate surface area is 186 Å². The van der Waals surface area contributed by atoms with Gasteiger partial charge in [-0.1, -0.05) is 48.5 Å². The number of nitrogens with one attached hydrogen (secondary N) is 2. The summed E-state index contributed by atoms with van der Waals surface area (Å²) in [6.45, 7) is 0.524. The largest absolute Gasteiger partial charge is 0.353 e. The number of anilines is 2. The highest BCUT2D eigenvalue weighted by molar-refractivity contribution is 6.03. The highest BCUT2D eigenvalue weighted by atomic mass is 16.5. The Bertz CT molecular complexity index is 1140. The predicted molar refractivity (Wildman–Crippen MR) is 123 cm³/mol. The molecule has 1 aliphatic carbocycles. The molecular formula is C26H25N3O3. The molecule has 3 aromatic carbocycles. The van der Waals surface area contributed by atoms with Gasteiger partial charge in [0.15, 0.2) is 0 Å². The van der Waals surface area contributed by atoms with Gasteiger partial charge in [-0.05, 0) is 59.7 Å². The van der Waals surface area contributed by atoms with Crippen LogP contribution in [0.3, 0.4) is 0 Å². The van der Waals surface area contributed by atoms with Crippen LogP contribution in [0.4, 0.5) is 11.4 Å². The van der Waals surface area contributed by atoms with Crippen molar-refractivity contribution in [3.05, 3.63) is 95.1 Å². The highest BCUT2D eigenvalue weighted by Crippen LogP contribution is 2.40. The monoisotopic (exact) mass is 427 g/mol. The minimum Gasteiger partial charge on any atom is -0.353 e. The van der Waals surface area contributed by atoms with Crippen molar-refractivity contribution in [3.63, 3.8) is 0 Å². The molecule has 3 N–H and O–H groups in total. The van der Waals surface area contributed by atoms with Crippen molar-refractivity contribution < 1.29 is 14.8 Å². The number of amides is 2. The maximum absolute atomic E-state index is 13.1. The molecule has 5 rings (SSSR count). The molecule has 0 aromatic heterocycles. The van der Waals surface area contributed by atoms with Gasteiger partial charge in [0.05, 0.1) is 11.4 Å². The summed E-state index contributed by atoms with van der Waals surface area (Å²) in [6, 6.07) is 23.2. The Hall–Kier alpha value is -3.64. The molecule has 2 aliphatic rings. The summed E-state index contributed by atoms with van der Waals surface area (Å²) in [6.07, 6.45) is 3.15. The average molecular weight is 428 g/mol. The second-order valence-electron chi connectivity index (χ2n) is 8.51. The molecule has 0 bridgehead atoms. The lowest BCUT2D eigenvalue weighted by Crippen LogP contribution is -2.49. The number of benzene rings is 3. The zero-order valence-corrected chi connectivity index (χ0v) is 17.6. The van der Waals surface area contributed by atoms with Gasteiger partial charge in [0.1, 0.15) is 6.04 Å². The van der Waals surface area contributed by atoms with Crippen LogP contribution in [-0.4, -0.2) is 23.1 Å². The number of nitrogens with zero attached hydrogens (tertiary/aromatic N) is 1. The number of para-hydroxylation sites is 2. The van der Waals surface area contributed by atoms with Crippen molar-refractivity contribution in [2.75, 3.05) is 10.2 Å². The fourth-order valence-corrected chi connectivity index (χ4v) is 4.34. The lowest BCUT2D eigenvalue weighted by atomic mass is 9.97. The van der Waals surface area contributed by atoms with Crippen molar-refractivity contribution in [1.29, 1.82) is 0 Å². The van der Waals surface area contributed by atoms with E-state index in [9.17, 15) is 9.59 Å². The molecule has 0 radical (unpaired) electrons. The van der Waals surface area contributed by atoms with E-state index in [1.54, 1.807) is 17.6 Å². The Kier molecular flexibility index (Phi) is 5.37. The average Bonchev–Trinajstić information content (AvgIpc) is 3.67. The normalized spacial score (nSPS) is 17.5. The highest BCUT2D eigenvalue weighted by Gasteiger charge is 2.33. The first-order chi connectivity index (χ1) is 15.6. The number of hydrogen-bond donors (Lipinski definition) is 3. The third-order valence-electron chi connectivity index (χ3n) is 6.28. The molecule has 6 nitrogen and oxygen atoms in total. The molecule has 1 atom stereocenters. The van der Waals surface area contributed by atoms with Crippen LogP contribution in [-0.2, 0) is 17.8 Å². The molecule has 32 heavy (non-hydrogen) atoms. The minimum atomic E-state index is -0.549. The van der Waals surface area contributed by atoms with Crippen LogP contribution in [0, 0.1) is 0 Å². The van der Waals surface area contributed by atoms with Crippen molar-refractivity contribution in [2.24, 2.45) is 0 Å². The van der Waals surface area contributed by atoms with E-state index in [4.69, 9.17) is 5.21 Å². The summed E-state index contributed by atoms with van der Waals surface area (Å²) in [7, 11) is 0. The van der Waals surface area contributed by atoms with Gasteiger partial charge in [-0.3, -0.25) is 14.8 Å². The third kappa shape index (κ3) is 4.09. The van der Waals surface area contributed by atoms with Crippen molar-refractivity contribution in [2.45, 2.75) is 37.8 Å². The lowest BCUT2D eigenvalue weighted by molar-refractivity contribution is -0.117. The molecule has 1 fully saturated rings. The quantitative estimate of drug-likeness (QED) is 0.406. The van der Waals surface area contributed by atoms with Crippen LogP contribution in [0.5, 0.6) is 0 Å². The van der Waals surface area contributed by atoms with Gasteiger partial charge < -0.3 is 10.2 Å². The molecule has 1 saturated carbocycles. The van der Waals surface area contributed by atoms with Gasteiger partial charge in [0, 0.05) is 18.5 Å². The predicted octanol–water partition coefficient (Wildman–Crippen LogP) is 4.25. The molecule has 1 heterocycles. The van der Waals surface area contributed by atoms with Crippen LogP contribution >= 0.6 is 0 Å².